The Morgan fingerprint density at radius 2 is 1.91 bits per heavy atom. The van der Waals surface area contributed by atoms with Crippen molar-refractivity contribution in [3.8, 4) is 0 Å². The summed E-state index contributed by atoms with van der Waals surface area (Å²) in [7, 11) is 0. The summed E-state index contributed by atoms with van der Waals surface area (Å²) < 4.78 is 0. The number of carbonyl (C=O) groups is 1. The summed E-state index contributed by atoms with van der Waals surface area (Å²) in [6.07, 6.45) is 8.59. The van der Waals surface area contributed by atoms with Crippen LogP contribution < -0.4 is 16.0 Å². The number of carbonyl (C=O) groups excluding carboxylic acids is 1. The van der Waals surface area contributed by atoms with Crippen molar-refractivity contribution in [1.29, 1.82) is 0 Å². The molecule has 0 unspecified atom stereocenters. The molecule has 0 aromatic heterocycles. The molecule has 0 aliphatic heterocycles. The van der Waals surface area contributed by atoms with Crippen LogP contribution in [0, 0.1) is 5.92 Å². The van der Waals surface area contributed by atoms with Crippen LogP contribution in [0.4, 0.5) is 0 Å². The van der Waals surface area contributed by atoms with E-state index in [1.54, 1.807) is 0 Å². The Bertz CT molecular complexity index is 341. The maximum atomic E-state index is 11.6. The van der Waals surface area contributed by atoms with E-state index in [0.717, 1.165) is 31.4 Å². The van der Waals surface area contributed by atoms with E-state index >= 15 is 0 Å². The number of nitrogens with zero attached hydrogens (tertiary/aromatic N) is 1. The highest BCUT2D eigenvalue weighted by molar-refractivity contribution is 14.0. The van der Waals surface area contributed by atoms with E-state index in [1.165, 1.54) is 32.1 Å². The van der Waals surface area contributed by atoms with Gasteiger partial charge in [0.05, 0.1) is 0 Å². The molecule has 6 heteroatoms. The van der Waals surface area contributed by atoms with Crippen LogP contribution in [-0.2, 0) is 4.79 Å². The van der Waals surface area contributed by atoms with Gasteiger partial charge in [-0.2, -0.15) is 0 Å². The lowest BCUT2D eigenvalue weighted by Gasteiger charge is -2.12. The zero-order valence-corrected chi connectivity index (χ0v) is 17.3. The van der Waals surface area contributed by atoms with Crippen LogP contribution in [0.15, 0.2) is 4.99 Å². The van der Waals surface area contributed by atoms with Crippen LogP contribution in [0.3, 0.4) is 0 Å². The molecule has 1 aliphatic rings. The van der Waals surface area contributed by atoms with Crippen molar-refractivity contribution in [2.45, 2.75) is 71.8 Å². The summed E-state index contributed by atoms with van der Waals surface area (Å²) in [6.45, 7) is 8.33. The SMILES string of the molecule is CCNC(=NCCCC1CCCC1)NCCC(=O)NC(C)C.I. The first kappa shape index (κ1) is 22.5. The molecule has 1 fully saturated rings. The topological polar surface area (TPSA) is 65.5 Å². The fourth-order valence-corrected chi connectivity index (χ4v) is 2.90. The van der Waals surface area contributed by atoms with Crippen molar-refractivity contribution in [3.05, 3.63) is 0 Å². The maximum Gasteiger partial charge on any atom is 0.221 e. The molecule has 0 heterocycles. The molecule has 1 amide bonds. The van der Waals surface area contributed by atoms with Crippen molar-refractivity contribution < 1.29 is 4.79 Å². The van der Waals surface area contributed by atoms with Crippen LogP contribution >= 0.6 is 24.0 Å². The smallest absolute Gasteiger partial charge is 0.221 e. The average molecular weight is 438 g/mol. The van der Waals surface area contributed by atoms with Gasteiger partial charge in [0, 0.05) is 32.1 Å². The average Bonchev–Trinajstić information content (AvgIpc) is 2.95. The molecular formula is C17H35IN4O. The molecule has 3 N–H and O–H groups in total. The third kappa shape index (κ3) is 11.6. The number of guanidine groups is 1. The van der Waals surface area contributed by atoms with Gasteiger partial charge in [0.1, 0.15) is 0 Å². The Morgan fingerprint density at radius 1 is 1.22 bits per heavy atom. The lowest BCUT2D eigenvalue weighted by molar-refractivity contribution is -0.121. The molecule has 1 saturated carbocycles. The van der Waals surface area contributed by atoms with E-state index in [-0.39, 0.29) is 35.9 Å². The Morgan fingerprint density at radius 3 is 2.52 bits per heavy atom. The number of rotatable bonds is 9. The summed E-state index contributed by atoms with van der Waals surface area (Å²) >= 11 is 0. The first-order valence-corrected chi connectivity index (χ1v) is 8.93. The molecule has 136 valence electrons. The fourth-order valence-electron chi connectivity index (χ4n) is 2.90. The summed E-state index contributed by atoms with van der Waals surface area (Å²) in [5.74, 6) is 1.84. The summed E-state index contributed by atoms with van der Waals surface area (Å²) in [6, 6.07) is 0.199. The van der Waals surface area contributed by atoms with Crippen molar-refractivity contribution in [3.63, 3.8) is 0 Å². The highest BCUT2D eigenvalue weighted by Crippen LogP contribution is 2.28. The minimum Gasteiger partial charge on any atom is -0.357 e. The lowest BCUT2D eigenvalue weighted by Crippen LogP contribution is -2.40. The van der Waals surface area contributed by atoms with Gasteiger partial charge < -0.3 is 16.0 Å². The molecule has 0 spiro atoms. The van der Waals surface area contributed by atoms with Gasteiger partial charge in [-0.3, -0.25) is 9.79 Å². The van der Waals surface area contributed by atoms with Crippen LogP contribution in [0.2, 0.25) is 0 Å². The van der Waals surface area contributed by atoms with Gasteiger partial charge in [-0.1, -0.05) is 25.7 Å². The van der Waals surface area contributed by atoms with Crippen molar-refractivity contribution in [2.24, 2.45) is 10.9 Å². The number of hydrogen-bond acceptors (Lipinski definition) is 2. The molecule has 1 aliphatic carbocycles. The van der Waals surface area contributed by atoms with Crippen molar-refractivity contribution in [2.75, 3.05) is 19.6 Å². The van der Waals surface area contributed by atoms with Crippen molar-refractivity contribution in [1.82, 2.24) is 16.0 Å². The van der Waals surface area contributed by atoms with Crippen LogP contribution in [-0.4, -0.2) is 37.5 Å². The number of aliphatic imine (C=N–C) groups is 1. The van der Waals surface area contributed by atoms with E-state index in [4.69, 9.17) is 0 Å². The van der Waals surface area contributed by atoms with Gasteiger partial charge in [0.25, 0.3) is 0 Å². The standard InChI is InChI=1S/C17H34N4O.HI/c1-4-18-17(20-13-11-16(22)21-14(2)3)19-12-7-10-15-8-5-6-9-15;/h14-15H,4-13H2,1-3H3,(H,21,22)(H2,18,19,20);1H. The Kier molecular flexibility index (Phi) is 13.5. The third-order valence-corrected chi connectivity index (χ3v) is 3.95. The van der Waals surface area contributed by atoms with Gasteiger partial charge in [-0.05, 0) is 39.5 Å². The van der Waals surface area contributed by atoms with Gasteiger partial charge in [-0.15, -0.1) is 24.0 Å². The predicted molar refractivity (Wildman–Crippen MR) is 108 cm³/mol. The fraction of sp³-hybridized carbons (Fsp3) is 0.882. The molecule has 23 heavy (non-hydrogen) atoms. The Hall–Kier alpha value is -0.530. The maximum absolute atomic E-state index is 11.6. The minimum atomic E-state index is 0. The number of nitrogens with one attached hydrogen (secondary N) is 3. The summed E-state index contributed by atoms with van der Waals surface area (Å²) in [5, 5.41) is 9.36. The van der Waals surface area contributed by atoms with E-state index in [1.807, 2.05) is 13.8 Å². The zero-order valence-electron chi connectivity index (χ0n) is 15.0. The van der Waals surface area contributed by atoms with E-state index < -0.39 is 0 Å². The van der Waals surface area contributed by atoms with Crippen LogP contribution in [0.1, 0.15) is 65.7 Å². The first-order valence-electron chi connectivity index (χ1n) is 8.93. The van der Waals surface area contributed by atoms with Gasteiger partial charge in [-0.25, -0.2) is 0 Å². The largest absolute Gasteiger partial charge is 0.357 e. The first-order chi connectivity index (χ1) is 10.6. The normalized spacial score (nSPS) is 15.4. The predicted octanol–water partition coefficient (Wildman–Crippen LogP) is 3.04. The monoisotopic (exact) mass is 438 g/mol. The van der Waals surface area contributed by atoms with Gasteiger partial charge in [0.15, 0.2) is 5.96 Å². The number of halogens is 1. The molecule has 0 atom stereocenters. The second kappa shape index (κ2) is 13.9. The molecule has 0 saturated heterocycles. The second-order valence-electron chi connectivity index (χ2n) is 6.45. The van der Waals surface area contributed by atoms with E-state index in [2.05, 4.69) is 27.9 Å². The second-order valence-corrected chi connectivity index (χ2v) is 6.45. The van der Waals surface area contributed by atoms with E-state index in [0.29, 0.717) is 13.0 Å². The number of hydrogen-bond donors (Lipinski definition) is 3. The molecule has 1 rings (SSSR count). The van der Waals surface area contributed by atoms with Crippen LogP contribution in [0.25, 0.3) is 0 Å². The minimum absolute atomic E-state index is 0. The number of amides is 1. The molecule has 0 radical (unpaired) electrons. The van der Waals surface area contributed by atoms with Crippen molar-refractivity contribution >= 4 is 35.8 Å². The molecular weight excluding hydrogens is 403 g/mol. The third-order valence-electron chi connectivity index (χ3n) is 3.95. The summed E-state index contributed by atoms with van der Waals surface area (Å²) in [4.78, 5) is 16.2. The molecule has 5 nitrogen and oxygen atoms in total. The Labute approximate surface area is 158 Å². The van der Waals surface area contributed by atoms with E-state index in [9.17, 15) is 4.79 Å². The van der Waals surface area contributed by atoms with Crippen LogP contribution in [0.5, 0.6) is 0 Å². The van der Waals surface area contributed by atoms with Gasteiger partial charge >= 0.3 is 0 Å². The zero-order chi connectivity index (χ0) is 16.2. The molecule has 0 aromatic rings. The highest BCUT2D eigenvalue weighted by Gasteiger charge is 2.13. The molecule has 0 bridgehead atoms. The van der Waals surface area contributed by atoms with Gasteiger partial charge in [0.2, 0.25) is 5.91 Å². The highest BCUT2D eigenvalue weighted by atomic mass is 127. The summed E-state index contributed by atoms with van der Waals surface area (Å²) in [5.41, 5.74) is 0. The quantitative estimate of drug-likeness (QED) is 0.224. The Balaban J connectivity index is 0.00000484. The lowest BCUT2D eigenvalue weighted by atomic mass is 10.0. The molecule has 0 aromatic carbocycles.